The van der Waals surface area contributed by atoms with Gasteiger partial charge in [-0.3, -0.25) is 4.57 Å². The lowest BCUT2D eigenvalue weighted by Crippen LogP contribution is -2.16. The molecule has 0 aliphatic rings. The van der Waals surface area contributed by atoms with Gasteiger partial charge in [0.15, 0.2) is 5.76 Å². The fourth-order valence-corrected chi connectivity index (χ4v) is 3.12. The minimum Gasteiger partial charge on any atom is -0.407 e. The molecular formula is C23H16N2O2. The van der Waals surface area contributed by atoms with Crippen LogP contribution in [-0.2, 0) is 6.54 Å². The molecule has 0 spiro atoms. The third kappa shape index (κ3) is 3.31. The molecule has 0 bridgehead atoms. The molecule has 0 saturated carbocycles. The molecule has 3 aromatic carbocycles. The van der Waals surface area contributed by atoms with Crippen molar-refractivity contribution in [3.05, 3.63) is 107 Å². The van der Waals surface area contributed by atoms with Crippen LogP contribution in [0.1, 0.15) is 11.1 Å². The van der Waals surface area contributed by atoms with E-state index in [1.54, 1.807) is 16.7 Å². The van der Waals surface area contributed by atoms with Crippen LogP contribution >= 0.6 is 0 Å². The van der Waals surface area contributed by atoms with E-state index in [2.05, 4.69) is 6.07 Å². The van der Waals surface area contributed by atoms with Crippen LogP contribution in [0.5, 0.6) is 0 Å². The summed E-state index contributed by atoms with van der Waals surface area (Å²) in [4.78, 5) is 12.7. The first kappa shape index (κ1) is 16.6. The van der Waals surface area contributed by atoms with E-state index in [-0.39, 0.29) is 0 Å². The molecule has 4 rings (SSSR count). The summed E-state index contributed by atoms with van der Waals surface area (Å²) in [6.45, 7) is 0.391. The zero-order chi connectivity index (χ0) is 18.6. The van der Waals surface area contributed by atoms with Crippen molar-refractivity contribution >= 4 is 0 Å². The Morgan fingerprint density at radius 1 is 0.852 bits per heavy atom. The lowest BCUT2D eigenvalue weighted by Gasteiger charge is -2.09. The molecule has 4 nitrogen and oxygen atoms in total. The van der Waals surface area contributed by atoms with Crippen molar-refractivity contribution < 1.29 is 4.42 Å². The Kier molecular flexibility index (Phi) is 4.42. The van der Waals surface area contributed by atoms with Gasteiger partial charge in [0.25, 0.3) is 0 Å². The van der Waals surface area contributed by atoms with Gasteiger partial charge in [0.1, 0.15) is 0 Å². The normalized spacial score (nSPS) is 10.5. The number of oxazole rings is 1. The quantitative estimate of drug-likeness (QED) is 0.535. The van der Waals surface area contributed by atoms with E-state index in [1.807, 2.05) is 72.8 Å². The molecule has 0 saturated heterocycles. The predicted octanol–water partition coefficient (Wildman–Crippen LogP) is 4.70. The molecule has 0 aliphatic carbocycles. The number of aromatic nitrogens is 1. The maximum absolute atomic E-state index is 12.7. The van der Waals surface area contributed by atoms with E-state index >= 15 is 0 Å². The van der Waals surface area contributed by atoms with Gasteiger partial charge < -0.3 is 4.42 Å². The van der Waals surface area contributed by atoms with Gasteiger partial charge in [0, 0.05) is 11.1 Å². The largest absolute Gasteiger partial charge is 0.420 e. The highest BCUT2D eigenvalue weighted by atomic mass is 16.4. The average Bonchev–Trinajstić information content (AvgIpc) is 3.05. The Balaban J connectivity index is 1.95. The molecule has 4 aromatic rings. The molecule has 0 amide bonds. The molecule has 0 aliphatic heterocycles. The maximum atomic E-state index is 12.7. The molecule has 0 radical (unpaired) electrons. The molecule has 27 heavy (non-hydrogen) atoms. The van der Waals surface area contributed by atoms with Gasteiger partial charge in [-0.1, -0.05) is 72.8 Å². The first-order valence-electron chi connectivity index (χ1n) is 8.60. The molecule has 0 N–H and O–H groups in total. The van der Waals surface area contributed by atoms with Gasteiger partial charge in [-0.05, 0) is 17.7 Å². The van der Waals surface area contributed by atoms with Crippen molar-refractivity contribution in [2.24, 2.45) is 0 Å². The van der Waals surface area contributed by atoms with Gasteiger partial charge >= 0.3 is 5.76 Å². The molecule has 130 valence electrons. The molecule has 1 heterocycles. The van der Waals surface area contributed by atoms with Crippen molar-refractivity contribution in [3.63, 3.8) is 0 Å². The van der Waals surface area contributed by atoms with Gasteiger partial charge in [-0.15, -0.1) is 0 Å². The van der Waals surface area contributed by atoms with E-state index < -0.39 is 5.76 Å². The van der Waals surface area contributed by atoms with E-state index in [1.165, 1.54) is 0 Å². The fraction of sp³-hybridized carbons (Fsp3) is 0.0435. The van der Waals surface area contributed by atoms with E-state index in [0.717, 1.165) is 16.7 Å². The summed E-state index contributed by atoms with van der Waals surface area (Å²) in [6.07, 6.45) is 0. The minimum atomic E-state index is -0.421. The molecule has 4 heteroatoms. The summed E-state index contributed by atoms with van der Waals surface area (Å²) < 4.78 is 7.28. The van der Waals surface area contributed by atoms with E-state index in [4.69, 9.17) is 4.42 Å². The summed E-state index contributed by atoms with van der Waals surface area (Å²) in [6, 6.07) is 28.7. The molecule has 0 fully saturated rings. The topological polar surface area (TPSA) is 58.9 Å². The number of hydrogen-bond donors (Lipinski definition) is 0. The standard InChI is InChI=1S/C23H16N2O2/c24-15-18-10-7-13-20(14-18)21-22(19-11-5-2-6-12-19)27-23(26)25(21)16-17-8-3-1-4-9-17/h1-14H,16H2. The first-order chi connectivity index (χ1) is 13.3. The fourth-order valence-electron chi connectivity index (χ4n) is 3.12. The third-order valence-corrected chi connectivity index (χ3v) is 4.38. The van der Waals surface area contributed by atoms with Crippen LogP contribution in [0.2, 0.25) is 0 Å². The molecule has 0 atom stereocenters. The van der Waals surface area contributed by atoms with Crippen molar-refractivity contribution in [3.8, 4) is 28.7 Å². The second-order valence-electron chi connectivity index (χ2n) is 6.18. The summed E-state index contributed by atoms with van der Waals surface area (Å²) in [5.41, 5.74) is 3.80. The summed E-state index contributed by atoms with van der Waals surface area (Å²) >= 11 is 0. The van der Waals surface area contributed by atoms with Gasteiger partial charge in [0.05, 0.1) is 23.9 Å². The van der Waals surface area contributed by atoms with Crippen LogP contribution in [0.15, 0.2) is 94.1 Å². The smallest absolute Gasteiger partial charge is 0.407 e. The Hall–Kier alpha value is -3.84. The number of nitrogens with zero attached hydrogens (tertiary/aromatic N) is 2. The Morgan fingerprint density at radius 2 is 1.52 bits per heavy atom. The minimum absolute atomic E-state index is 0.391. The second-order valence-corrected chi connectivity index (χ2v) is 6.18. The van der Waals surface area contributed by atoms with E-state index in [9.17, 15) is 10.1 Å². The van der Waals surface area contributed by atoms with Crippen molar-refractivity contribution in [1.82, 2.24) is 4.57 Å². The van der Waals surface area contributed by atoms with Crippen LogP contribution in [-0.4, -0.2) is 4.57 Å². The van der Waals surface area contributed by atoms with Gasteiger partial charge in [-0.2, -0.15) is 5.26 Å². The predicted molar refractivity (Wildman–Crippen MR) is 104 cm³/mol. The average molecular weight is 352 g/mol. The van der Waals surface area contributed by atoms with Crippen LogP contribution in [0.25, 0.3) is 22.6 Å². The zero-order valence-electron chi connectivity index (χ0n) is 14.5. The van der Waals surface area contributed by atoms with Gasteiger partial charge in [-0.25, -0.2) is 4.79 Å². The maximum Gasteiger partial charge on any atom is 0.420 e. The van der Waals surface area contributed by atoms with Crippen molar-refractivity contribution in [1.29, 1.82) is 5.26 Å². The van der Waals surface area contributed by atoms with E-state index in [0.29, 0.717) is 23.6 Å². The van der Waals surface area contributed by atoms with Crippen molar-refractivity contribution in [2.75, 3.05) is 0 Å². The summed E-state index contributed by atoms with van der Waals surface area (Å²) in [7, 11) is 0. The molecule has 0 unspecified atom stereocenters. The number of benzene rings is 3. The highest BCUT2D eigenvalue weighted by Gasteiger charge is 2.20. The number of hydrogen-bond acceptors (Lipinski definition) is 3. The SMILES string of the molecule is N#Cc1cccc(-c2c(-c3ccccc3)oc(=O)n2Cc2ccccc2)c1. The zero-order valence-corrected chi connectivity index (χ0v) is 14.5. The van der Waals surface area contributed by atoms with Crippen LogP contribution in [0.4, 0.5) is 0 Å². The molecule has 1 aromatic heterocycles. The van der Waals surface area contributed by atoms with Crippen LogP contribution < -0.4 is 5.76 Å². The van der Waals surface area contributed by atoms with Crippen molar-refractivity contribution in [2.45, 2.75) is 6.54 Å². The Labute approximate surface area is 156 Å². The Morgan fingerprint density at radius 3 is 2.22 bits per heavy atom. The summed E-state index contributed by atoms with van der Waals surface area (Å²) in [5.74, 6) is 0.0849. The van der Waals surface area contributed by atoms with Crippen LogP contribution in [0.3, 0.4) is 0 Å². The summed E-state index contributed by atoms with van der Waals surface area (Å²) in [5, 5.41) is 9.26. The second kappa shape index (κ2) is 7.19. The Bertz CT molecular complexity index is 1170. The monoisotopic (exact) mass is 352 g/mol. The highest BCUT2D eigenvalue weighted by molar-refractivity contribution is 5.77. The van der Waals surface area contributed by atoms with Gasteiger partial charge in [0.2, 0.25) is 0 Å². The lowest BCUT2D eigenvalue weighted by molar-refractivity contribution is 0.497. The lowest BCUT2D eigenvalue weighted by atomic mass is 10.0. The third-order valence-electron chi connectivity index (χ3n) is 4.38. The van der Waals surface area contributed by atoms with Crippen LogP contribution in [0, 0.1) is 11.3 Å². The first-order valence-corrected chi connectivity index (χ1v) is 8.60. The number of nitriles is 1. The highest BCUT2D eigenvalue weighted by Crippen LogP contribution is 2.32. The number of rotatable bonds is 4. The molecular weight excluding hydrogens is 336 g/mol.